The molecule has 0 radical (unpaired) electrons. The molecule has 0 aliphatic rings. The summed E-state index contributed by atoms with van der Waals surface area (Å²) in [5.74, 6) is 0. The molecule has 0 fully saturated rings. The molecule has 3 rings (SSSR count). The van der Waals surface area contributed by atoms with E-state index in [0.717, 1.165) is 10.1 Å². The third kappa shape index (κ3) is 3.63. The van der Waals surface area contributed by atoms with Crippen LogP contribution in [0.15, 0.2) is 59.5 Å². The topological polar surface area (TPSA) is 66.4 Å². The van der Waals surface area contributed by atoms with Gasteiger partial charge in [-0.2, -0.15) is 0 Å². The van der Waals surface area contributed by atoms with Crippen molar-refractivity contribution in [2.45, 2.75) is 17.4 Å². The minimum Gasteiger partial charge on any atom is -0.383 e. The Balaban J connectivity index is 1.81. The molecule has 0 aliphatic heterocycles. The van der Waals surface area contributed by atoms with E-state index in [2.05, 4.69) is 4.72 Å². The number of sulfonamides is 1. The van der Waals surface area contributed by atoms with E-state index in [4.69, 9.17) is 11.6 Å². The van der Waals surface area contributed by atoms with E-state index in [1.807, 2.05) is 30.3 Å². The van der Waals surface area contributed by atoms with Gasteiger partial charge in [0.2, 0.25) is 10.0 Å². The van der Waals surface area contributed by atoms with Gasteiger partial charge in [-0.15, -0.1) is 11.3 Å². The Morgan fingerprint density at radius 3 is 2.62 bits per heavy atom. The molecule has 0 aliphatic carbocycles. The highest BCUT2D eigenvalue weighted by atomic mass is 35.5. The summed E-state index contributed by atoms with van der Waals surface area (Å²) in [7, 11) is -3.74. The van der Waals surface area contributed by atoms with Crippen LogP contribution < -0.4 is 4.72 Å². The van der Waals surface area contributed by atoms with Gasteiger partial charge in [-0.1, -0.05) is 35.9 Å². The van der Waals surface area contributed by atoms with Crippen LogP contribution in [0.5, 0.6) is 0 Å². The van der Waals surface area contributed by atoms with Gasteiger partial charge in [-0.05, 0) is 42.6 Å². The highest BCUT2D eigenvalue weighted by Gasteiger charge is 2.28. The largest absolute Gasteiger partial charge is 0.383 e. The summed E-state index contributed by atoms with van der Waals surface area (Å²) in [6, 6.07) is 15.7. The third-order valence-corrected chi connectivity index (χ3v) is 6.67. The van der Waals surface area contributed by atoms with Gasteiger partial charge in [0.1, 0.15) is 5.60 Å². The number of thiophene rings is 1. The Bertz CT molecular complexity index is 947. The summed E-state index contributed by atoms with van der Waals surface area (Å²) in [6.07, 6.45) is 0. The molecule has 4 nitrogen and oxygen atoms in total. The van der Waals surface area contributed by atoms with Gasteiger partial charge in [0.05, 0.1) is 4.90 Å². The van der Waals surface area contributed by atoms with E-state index < -0.39 is 15.6 Å². The average molecular weight is 382 g/mol. The highest BCUT2D eigenvalue weighted by molar-refractivity contribution is 7.89. The first kappa shape index (κ1) is 17.4. The number of aliphatic hydroxyl groups is 1. The maximum absolute atomic E-state index is 12.4. The molecule has 0 bridgehead atoms. The SMILES string of the molecule is CC(O)(CNS(=O)(=O)c1cccc(Cl)c1)c1cc2ccccc2s1. The Labute approximate surface area is 149 Å². The summed E-state index contributed by atoms with van der Waals surface area (Å²) in [5, 5.41) is 12.1. The molecule has 1 atom stereocenters. The van der Waals surface area contributed by atoms with Gasteiger partial charge in [0.15, 0.2) is 0 Å². The van der Waals surface area contributed by atoms with Crippen molar-refractivity contribution in [2.75, 3.05) is 6.54 Å². The predicted molar refractivity (Wildman–Crippen MR) is 98.0 cm³/mol. The smallest absolute Gasteiger partial charge is 0.240 e. The average Bonchev–Trinajstić information content (AvgIpc) is 2.98. The molecule has 0 amide bonds. The Morgan fingerprint density at radius 1 is 1.17 bits per heavy atom. The van der Waals surface area contributed by atoms with Gasteiger partial charge in [0, 0.05) is 21.1 Å². The van der Waals surface area contributed by atoms with Crippen LogP contribution >= 0.6 is 22.9 Å². The van der Waals surface area contributed by atoms with Crippen LogP contribution in [0.1, 0.15) is 11.8 Å². The van der Waals surface area contributed by atoms with Crippen LogP contribution in [-0.2, 0) is 15.6 Å². The molecular weight excluding hydrogens is 366 g/mol. The monoisotopic (exact) mass is 381 g/mol. The summed E-state index contributed by atoms with van der Waals surface area (Å²) < 4.78 is 28.2. The number of hydrogen-bond donors (Lipinski definition) is 2. The van der Waals surface area contributed by atoms with Crippen molar-refractivity contribution in [3.05, 3.63) is 64.5 Å². The summed E-state index contributed by atoms with van der Waals surface area (Å²) in [6.45, 7) is 1.47. The predicted octanol–water partition coefficient (Wildman–Crippen LogP) is 3.74. The fourth-order valence-electron chi connectivity index (χ4n) is 2.29. The van der Waals surface area contributed by atoms with Crippen LogP contribution in [0.4, 0.5) is 0 Å². The minimum atomic E-state index is -3.74. The first-order valence-electron chi connectivity index (χ1n) is 7.25. The van der Waals surface area contributed by atoms with E-state index in [-0.39, 0.29) is 11.4 Å². The van der Waals surface area contributed by atoms with Gasteiger partial charge < -0.3 is 5.11 Å². The molecule has 1 aromatic heterocycles. The molecule has 24 heavy (non-hydrogen) atoms. The lowest BCUT2D eigenvalue weighted by Gasteiger charge is -2.22. The standard InChI is InChI=1S/C17H16ClNO3S2/c1-17(20,16-9-12-5-2-3-8-15(12)23-16)11-19-24(21,22)14-7-4-6-13(18)10-14/h2-10,19-20H,11H2,1H3. The second kappa shape index (κ2) is 6.46. The zero-order valence-electron chi connectivity index (χ0n) is 12.9. The van der Waals surface area contributed by atoms with Crippen molar-refractivity contribution < 1.29 is 13.5 Å². The lowest BCUT2D eigenvalue weighted by atomic mass is 10.1. The molecule has 1 heterocycles. The third-order valence-electron chi connectivity index (χ3n) is 3.67. The summed E-state index contributed by atoms with van der Waals surface area (Å²) >= 11 is 7.29. The molecular formula is C17H16ClNO3S2. The lowest BCUT2D eigenvalue weighted by molar-refractivity contribution is 0.0666. The highest BCUT2D eigenvalue weighted by Crippen LogP contribution is 2.33. The fourth-order valence-corrected chi connectivity index (χ4v) is 4.83. The van der Waals surface area contributed by atoms with E-state index in [9.17, 15) is 13.5 Å². The van der Waals surface area contributed by atoms with Crippen molar-refractivity contribution in [1.29, 1.82) is 0 Å². The Hall–Kier alpha value is -1.44. The first-order chi connectivity index (χ1) is 11.3. The van der Waals surface area contributed by atoms with Crippen LogP contribution in [0, 0.1) is 0 Å². The quantitative estimate of drug-likeness (QED) is 0.707. The number of benzene rings is 2. The maximum Gasteiger partial charge on any atom is 0.240 e. The number of rotatable bonds is 5. The molecule has 7 heteroatoms. The Morgan fingerprint density at radius 2 is 1.92 bits per heavy atom. The molecule has 0 saturated carbocycles. The van der Waals surface area contributed by atoms with E-state index in [1.165, 1.54) is 23.5 Å². The van der Waals surface area contributed by atoms with Crippen molar-refractivity contribution in [1.82, 2.24) is 4.72 Å². The molecule has 2 N–H and O–H groups in total. The number of halogens is 1. The van der Waals surface area contributed by atoms with Gasteiger partial charge >= 0.3 is 0 Å². The van der Waals surface area contributed by atoms with Crippen molar-refractivity contribution in [3.8, 4) is 0 Å². The zero-order valence-corrected chi connectivity index (χ0v) is 15.3. The normalized spacial score (nSPS) is 14.6. The van der Waals surface area contributed by atoms with Crippen LogP contribution in [0.2, 0.25) is 5.02 Å². The molecule has 3 aromatic rings. The minimum absolute atomic E-state index is 0.0714. The number of hydrogen-bond acceptors (Lipinski definition) is 4. The van der Waals surface area contributed by atoms with Crippen LogP contribution in [-0.4, -0.2) is 20.1 Å². The first-order valence-corrected chi connectivity index (χ1v) is 9.92. The lowest BCUT2D eigenvalue weighted by Crippen LogP contribution is -2.38. The summed E-state index contributed by atoms with van der Waals surface area (Å²) in [4.78, 5) is 0.777. The second-order valence-electron chi connectivity index (χ2n) is 5.70. The van der Waals surface area contributed by atoms with Crippen molar-refractivity contribution in [2.24, 2.45) is 0 Å². The number of fused-ring (bicyclic) bond motifs is 1. The second-order valence-corrected chi connectivity index (χ2v) is 8.99. The van der Waals surface area contributed by atoms with Crippen molar-refractivity contribution >= 4 is 43.0 Å². The van der Waals surface area contributed by atoms with Gasteiger partial charge in [-0.3, -0.25) is 0 Å². The van der Waals surface area contributed by atoms with E-state index >= 15 is 0 Å². The van der Waals surface area contributed by atoms with Gasteiger partial charge in [-0.25, -0.2) is 13.1 Å². The van der Waals surface area contributed by atoms with E-state index in [0.29, 0.717) is 9.90 Å². The number of nitrogens with one attached hydrogen (secondary N) is 1. The van der Waals surface area contributed by atoms with Crippen molar-refractivity contribution in [3.63, 3.8) is 0 Å². The fraction of sp³-hybridized carbons (Fsp3) is 0.176. The van der Waals surface area contributed by atoms with E-state index in [1.54, 1.807) is 19.1 Å². The van der Waals surface area contributed by atoms with Crippen LogP contribution in [0.25, 0.3) is 10.1 Å². The maximum atomic E-state index is 12.4. The van der Waals surface area contributed by atoms with Gasteiger partial charge in [0.25, 0.3) is 0 Å². The molecule has 0 spiro atoms. The molecule has 0 saturated heterocycles. The molecule has 126 valence electrons. The summed E-state index contributed by atoms with van der Waals surface area (Å²) in [5.41, 5.74) is -1.31. The van der Waals surface area contributed by atoms with Crippen LogP contribution in [0.3, 0.4) is 0 Å². The zero-order chi connectivity index (χ0) is 17.4. The Kier molecular flexibility index (Phi) is 4.68. The molecule has 2 aromatic carbocycles. The molecule has 1 unspecified atom stereocenters.